The number of ether oxygens (including phenoxy) is 1. The molecule has 2 aliphatic heterocycles. The second-order valence-corrected chi connectivity index (χ2v) is 7.20. The van der Waals surface area contributed by atoms with E-state index in [0.717, 1.165) is 6.07 Å². The minimum Gasteiger partial charge on any atom is -0.415 e. The van der Waals surface area contributed by atoms with Gasteiger partial charge in [0.1, 0.15) is 5.82 Å². The SMILES string of the molecule is O=C1c2cc(-c3nnc(C(F)F)o3)cc(F)c2CN1[C@@H]1CCOC[C@@H]1NCC(F)(F)F. The van der Waals surface area contributed by atoms with Gasteiger partial charge in [-0.1, -0.05) is 0 Å². The molecular formula is C18H16F6N4O3. The molecule has 0 unspecified atom stereocenters. The number of benzene rings is 1. The molecule has 0 saturated carbocycles. The summed E-state index contributed by atoms with van der Waals surface area (Å²) in [5.74, 6) is -2.69. The lowest BCUT2D eigenvalue weighted by molar-refractivity contribution is -0.129. The number of aromatic nitrogens is 2. The normalized spacial score (nSPS) is 21.8. The molecule has 31 heavy (non-hydrogen) atoms. The second-order valence-electron chi connectivity index (χ2n) is 7.20. The van der Waals surface area contributed by atoms with Crippen LogP contribution in [0.15, 0.2) is 16.5 Å². The lowest BCUT2D eigenvalue weighted by atomic mass is 10.0. The van der Waals surface area contributed by atoms with Crippen molar-refractivity contribution in [1.29, 1.82) is 0 Å². The Bertz CT molecular complexity index is 980. The highest BCUT2D eigenvalue weighted by molar-refractivity contribution is 5.99. The maximum atomic E-state index is 14.7. The molecule has 0 aliphatic carbocycles. The molecule has 0 radical (unpaired) electrons. The van der Waals surface area contributed by atoms with Crippen molar-refractivity contribution in [3.63, 3.8) is 0 Å². The van der Waals surface area contributed by atoms with Crippen LogP contribution in [-0.4, -0.2) is 59.0 Å². The van der Waals surface area contributed by atoms with E-state index in [2.05, 4.69) is 15.5 Å². The van der Waals surface area contributed by atoms with Crippen molar-refractivity contribution in [2.24, 2.45) is 0 Å². The van der Waals surface area contributed by atoms with Crippen LogP contribution in [0.3, 0.4) is 0 Å². The number of fused-ring (bicyclic) bond motifs is 1. The van der Waals surface area contributed by atoms with Crippen LogP contribution in [0.1, 0.15) is 34.7 Å². The number of alkyl halides is 5. The summed E-state index contributed by atoms with van der Waals surface area (Å²) in [5.41, 5.74) is -0.0270. The summed E-state index contributed by atoms with van der Waals surface area (Å²) >= 11 is 0. The molecular weight excluding hydrogens is 434 g/mol. The van der Waals surface area contributed by atoms with Crippen molar-refractivity contribution in [2.75, 3.05) is 19.8 Å². The Morgan fingerprint density at radius 2 is 2.03 bits per heavy atom. The van der Waals surface area contributed by atoms with Gasteiger partial charge >= 0.3 is 12.6 Å². The van der Waals surface area contributed by atoms with Gasteiger partial charge in [0.25, 0.3) is 11.8 Å². The zero-order chi connectivity index (χ0) is 22.3. The van der Waals surface area contributed by atoms with E-state index in [0.29, 0.717) is 0 Å². The molecule has 3 heterocycles. The van der Waals surface area contributed by atoms with Gasteiger partial charge < -0.3 is 19.4 Å². The first-order chi connectivity index (χ1) is 14.6. The molecule has 0 bridgehead atoms. The van der Waals surface area contributed by atoms with Crippen molar-refractivity contribution in [2.45, 2.75) is 37.7 Å². The number of carbonyl (C=O) groups is 1. The van der Waals surface area contributed by atoms with Crippen LogP contribution in [0.25, 0.3) is 11.5 Å². The Hall–Kier alpha value is -2.67. The third-order valence-electron chi connectivity index (χ3n) is 5.17. The number of halogens is 6. The summed E-state index contributed by atoms with van der Waals surface area (Å²) in [6.45, 7) is -1.19. The summed E-state index contributed by atoms with van der Waals surface area (Å²) < 4.78 is 87.9. The van der Waals surface area contributed by atoms with Crippen molar-refractivity contribution in [3.8, 4) is 11.5 Å². The van der Waals surface area contributed by atoms with Gasteiger partial charge in [0.05, 0.1) is 31.8 Å². The van der Waals surface area contributed by atoms with Crippen LogP contribution in [0.2, 0.25) is 0 Å². The number of nitrogens with zero attached hydrogens (tertiary/aromatic N) is 3. The Labute approximate surface area is 171 Å². The number of hydrogen-bond donors (Lipinski definition) is 1. The maximum Gasteiger partial charge on any atom is 0.401 e. The summed E-state index contributed by atoms with van der Waals surface area (Å²) in [7, 11) is 0. The predicted octanol–water partition coefficient (Wildman–Crippen LogP) is 3.08. The van der Waals surface area contributed by atoms with Crippen LogP contribution in [-0.2, 0) is 11.3 Å². The zero-order valence-corrected chi connectivity index (χ0v) is 15.8. The largest absolute Gasteiger partial charge is 0.415 e. The second kappa shape index (κ2) is 8.11. The number of hydrogen-bond acceptors (Lipinski definition) is 6. The van der Waals surface area contributed by atoms with Crippen LogP contribution in [0.5, 0.6) is 0 Å². The van der Waals surface area contributed by atoms with Crippen molar-refractivity contribution in [3.05, 3.63) is 35.0 Å². The van der Waals surface area contributed by atoms with Gasteiger partial charge in [-0.15, -0.1) is 10.2 Å². The molecule has 1 fully saturated rings. The van der Waals surface area contributed by atoms with E-state index in [1.807, 2.05) is 0 Å². The summed E-state index contributed by atoms with van der Waals surface area (Å²) in [4.78, 5) is 14.3. The average Bonchev–Trinajstić information content (AvgIpc) is 3.32. The van der Waals surface area contributed by atoms with E-state index in [1.165, 1.54) is 11.0 Å². The standard InChI is InChI=1S/C18H16F6N4O3/c19-11-4-8(15-26-27-16(31-15)14(20)21)3-9-10(11)5-28(17(9)29)13-1-2-30-6-12(13)25-7-18(22,23)24/h3-4,12-14,25H,1-2,5-7H2/t12-,13+/m0/s1. The minimum atomic E-state index is -4.44. The molecule has 168 valence electrons. The first kappa shape index (κ1) is 21.6. The molecule has 1 amide bonds. The fraction of sp³-hybridized carbons (Fsp3) is 0.500. The van der Waals surface area contributed by atoms with Crippen LogP contribution >= 0.6 is 0 Å². The molecule has 2 aromatic rings. The Morgan fingerprint density at radius 3 is 2.71 bits per heavy atom. The van der Waals surface area contributed by atoms with E-state index in [4.69, 9.17) is 9.15 Å². The quantitative estimate of drug-likeness (QED) is 0.706. The Kier molecular flexibility index (Phi) is 5.64. The van der Waals surface area contributed by atoms with E-state index in [1.54, 1.807) is 0 Å². The van der Waals surface area contributed by atoms with Crippen LogP contribution < -0.4 is 5.32 Å². The van der Waals surface area contributed by atoms with E-state index in [-0.39, 0.29) is 48.8 Å². The number of rotatable bonds is 5. The van der Waals surface area contributed by atoms with Crippen molar-refractivity contribution < 1.29 is 40.3 Å². The molecule has 0 spiro atoms. The smallest absolute Gasteiger partial charge is 0.401 e. The molecule has 1 N–H and O–H groups in total. The highest BCUT2D eigenvalue weighted by atomic mass is 19.4. The topological polar surface area (TPSA) is 80.5 Å². The third kappa shape index (κ3) is 4.37. The van der Waals surface area contributed by atoms with E-state index in [9.17, 15) is 31.1 Å². The van der Waals surface area contributed by atoms with Crippen LogP contribution in [0, 0.1) is 5.82 Å². The van der Waals surface area contributed by atoms with Gasteiger partial charge in [-0.3, -0.25) is 4.79 Å². The Morgan fingerprint density at radius 1 is 1.26 bits per heavy atom. The molecule has 1 aromatic carbocycles. The first-order valence-electron chi connectivity index (χ1n) is 9.27. The van der Waals surface area contributed by atoms with Crippen molar-refractivity contribution in [1.82, 2.24) is 20.4 Å². The Balaban J connectivity index is 1.58. The van der Waals surface area contributed by atoms with Crippen molar-refractivity contribution >= 4 is 5.91 Å². The summed E-state index contributed by atoms with van der Waals surface area (Å²) in [5, 5.41) is 8.98. The summed E-state index contributed by atoms with van der Waals surface area (Å²) in [6.07, 6.45) is -7.18. The molecule has 4 rings (SSSR count). The van der Waals surface area contributed by atoms with Gasteiger partial charge in [-0.2, -0.15) is 22.0 Å². The molecule has 2 aliphatic rings. The zero-order valence-electron chi connectivity index (χ0n) is 15.8. The molecule has 2 atom stereocenters. The molecule has 1 saturated heterocycles. The highest BCUT2D eigenvalue weighted by Crippen LogP contribution is 2.34. The summed E-state index contributed by atoms with van der Waals surface area (Å²) in [6, 6.07) is 0.802. The number of carbonyl (C=O) groups excluding carboxylic acids is 1. The monoisotopic (exact) mass is 450 g/mol. The minimum absolute atomic E-state index is 0.0344. The highest BCUT2D eigenvalue weighted by Gasteiger charge is 2.41. The number of nitrogens with one attached hydrogen (secondary N) is 1. The third-order valence-corrected chi connectivity index (χ3v) is 5.17. The maximum absolute atomic E-state index is 14.7. The predicted molar refractivity (Wildman–Crippen MR) is 91.6 cm³/mol. The van der Waals surface area contributed by atoms with Gasteiger partial charge in [-0.05, 0) is 18.6 Å². The van der Waals surface area contributed by atoms with Crippen LogP contribution in [0.4, 0.5) is 26.3 Å². The number of amides is 1. The van der Waals surface area contributed by atoms with Gasteiger partial charge in [-0.25, -0.2) is 4.39 Å². The average molecular weight is 450 g/mol. The fourth-order valence-electron chi connectivity index (χ4n) is 3.76. The van der Waals surface area contributed by atoms with E-state index >= 15 is 0 Å². The fourth-order valence-corrected chi connectivity index (χ4v) is 3.76. The van der Waals surface area contributed by atoms with E-state index < -0.39 is 48.8 Å². The molecule has 7 nitrogen and oxygen atoms in total. The molecule has 1 aromatic heterocycles. The molecule has 13 heteroatoms. The lowest BCUT2D eigenvalue weighted by Gasteiger charge is -2.38. The van der Waals surface area contributed by atoms with Gasteiger partial charge in [0.2, 0.25) is 5.89 Å². The van der Waals surface area contributed by atoms with Gasteiger partial charge in [0, 0.05) is 23.3 Å². The van der Waals surface area contributed by atoms with Gasteiger partial charge in [0.15, 0.2) is 0 Å². The lowest BCUT2D eigenvalue weighted by Crippen LogP contribution is -2.56. The first-order valence-corrected chi connectivity index (χ1v) is 9.27.